The number of hydrogen-bond donors (Lipinski definition) is 5. The summed E-state index contributed by atoms with van der Waals surface area (Å²) >= 11 is 12.2. The fourth-order valence-electron chi connectivity index (χ4n) is 3.70. The van der Waals surface area contributed by atoms with Crippen molar-refractivity contribution in [3.8, 4) is 11.1 Å². The Labute approximate surface area is 250 Å². The van der Waals surface area contributed by atoms with Crippen molar-refractivity contribution < 1.29 is 34.6 Å². The van der Waals surface area contributed by atoms with Gasteiger partial charge >= 0.3 is 20.6 Å². The van der Waals surface area contributed by atoms with Crippen LogP contribution in [0.2, 0.25) is 10.0 Å². The third-order valence-electron chi connectivity index (χ3n) is 5.48. The number of nitrogens with one attached hydrogen (secondary N) is 1. The summed E-state index contributed by atoms with van der Waals surface area (Å²) in [4.78, 5) is 20.4. The van der Waals surface area contributed by atoms with Gasteiger partial charge in [0.1, 0.15) is 5.82 Å². The van der Waals surface area contributed by atoms with E-state index in [0.717, 1.165) is 17.7 Å². The van der Waals surface area contributed by atoms with Crippen LogP contribution in [0.4, 0.5) is 21.3 Å². The predicted molar refractivity (Wildman–Crippen MR) is 157 cm³/mol. The normalized spacial score (nSPS) is 11.4. The lowest BCUT2D eigenvalue weighted by Crippen LogP contribution is -2.12. The number of aryl methyl sites for hydroxylation is 2. The van der Waals surface area contributed by atoms with Gasteiger partial charge in [-0.15, -0.1) is 3.89 Å². The Kier molecular flexibility index (Phi) is 10.4. The maximum absolute atomic E-state index is 13.2. The van der Waals surface area contributed by atoms with Crippen molar-refractivity contribution in [1.82, 2.24) is 9.97 Å². The molecule has 17 heteroatoms. The summed E-state index contributed by atoms with van der Waals surface area (Å²) in [6, 6.07) is 16.9. The smallest absolute Gasteiger partial charge is 0.383 e. The molecule has 0 aliphatic heterocycles. The first kappa shape index (κ1) is 32.7. The second-order valence-corrected chi connectivity index (χ2v) is 11.5. The van der Waals surface area contributed by atoms with E-state index in [1.807, 2.05) is 12.1 Å². The summed E-state index contributed by atoms with van der Waals surface area (Å²) in [5.74, 6) is -0.293. The van der Waals surface area contributed by atoms with Crippen molar-refractivity contribution in [3.63, 3.8) is 0 Å². The van der Waals surface area contributed by atoms with Crippen LogP contribution >= 0.6 is 23.2 Å². The molecule has 1 amide bonds. The van der Waals surface area contributed by atoms with E-state index in [0.29, 0.717) is 45.4 Å². The Bertz CT molecular complexity index is 1830. The van der Waals surface area contributed by atoms with Crippen molar-refractivity contribution in [2.24, 2.45) is 0 Å². The highest BCUT2D eigenvalue weighted by atomic mass is 35.5. The number of amides is 1. The van der Waals surface area contributed by atoms with Gasteiger partial charge in [-0.05, 0) is 66.4 Å². The number of rotatable bonds is 7. The zero-order valence-electron chi connectivity index (χ0n) is 21.2. The maximum Gasteiger partial charge on any atom is 0.394 e. The predicted octanol–water partition coefficient (Wildman–Crippen LogP) is 4.66. The standard InChI is InChI=1S/C25H20Cl2FN5O3S.H2O4S/c26-19-10-7-15(13-20(19)27)22-21(32-25(30)33-23(22)29)11-6-14-4-8-17(9-5-14)31-24(34)16-2-1-3-18(12-16)37(28,35)36;1-5(2,3)4/h1-5,7-10,12-13H,6,11H2,(H,31,34)(H4,29,30,32,33);(H2,1,2,3,4). The minimum Gasteiger partial charge on any atom is -0.383 e. The Morgan fingerprint density at radius 3 is 2.12 bits per heavy atom. The molecule has 0 saturated heterocycles. The molecule has 42 heavy (non-hydrogen) atoms. The fourth-order valence-corrected chi connectivity index (χ4v) is 4.51. The molecule has 222 valence electrons. The molecule has 0 bridgehead atoms. The zero-order chi connectivity index (χ0) is 31.2. The summed E-state index contributed by atoms with van der Waals surface area (Å²) in [6.45, 7) is 0. The topological polar surface area (TPSA) is 216 Å². The molecule has 3 aromatic carbocycles. The van der Waals surface area contributed by atoms with Gasteiger partial charge in [-0.2, -0.15) is 21.8 Å². The van der Waals surface area contributed by atoms with Gasteiger partial charge in [0.25, 0.3) is 5.91 Å². The highest BCUT2D eigenvalue weighted by Crippen LogP contribution is 2.33. The third-order valence-corrected chi connectivity index (χ3v) is 7.03. The van der Waals surface area contributed by atoms with E-state index in [1.54, 1.807) is 30.3 Å². The molecule has 1 aromatic heterocycles. The van der Waals surface area contributed by atoms with Crippen molar-refractivity contribution >= 4 is 67.2 Å². The van der Waals surface area contributed by atoms with Gasteiger partial charge in [-0.3, -0.25) is 13.9 Å². The van der Waals surface area contributed by atoms with Crippen LogP contribution in [0.15, 0.2) is 71.6 Å². The third kappa shape index (κ3) is 9.61. The number of carbonyl (C=O) groups is 1. The van der Waals surface area contributed by atoms with E-state index >= 15 is 0 Å². The first-order valence-electron chi connectivity index (χ1n) is 11.5. The largest absolute Gasteiger partial charge is 0.394 e. The Morgan fingerprint density at radius 2 is 1.52 bits per heavy atom. The molecule has 0 atom stereocenters. The minimum absolute atomic E-state index is 0.0107. The first-order chi connectivity index (χ1) is 19.5. The molecule has 0 aliphatic carbocycles. The average Bonchev–Trinajstić information content (AvgIpc) is 2.88. The van der Waals surface area contributed by atoms with Gasteiger partial charge < -0.3 is 16.8 Å². The molecular weight excluding hydrogens is 636 g/mol. The molecule has 12 nitrogen and oxygen atoms in total. The number of anilines is 3. The lowest BCUT2D eigenvalue weighted by atomic mass is 9.99. The first-order valence-corrected chi connectivity index (χ1v) is 15.1. The maximum atomic E-state index is 13.2. The molecule has 0 aliphatic rings. The summed E-state index contributed by atoms with van der Waals surface area (Å²) < 4.78 is 67.0. The van der Waals surface area contributed by atoms with Crippen molar-refractivity contribution in [2.45, 2.75) is 17.7 Å². The van der Waals surface area contributed by atoms with Gasteiger partial charge in [-0.25, -0.2) is 4.98 Å². The lowest BCUT2D eigenvalue weighted by molar-refractivity contribution is 0.102. The van der Waals surface area contributed by atoms with Crippen LogP contribution in [0.5, 0.6) is 0 Å². The molecule has 4 rings (SSSR count). The van der Waals surface area contributed by atoms with Crippen LogP contribution in [0.3, 0.4) is 0 Å². The number of hydrogen-bond acceptors (Lipinski definition) is 9. The Hall–Kier alpha value is -3.86. The number of halogens is 3. The zero-order valence-corrected chi connectivity index (χ0v) is 24.3. The lowest BCUT2D eigenvalue weighted by Gasteiger charge is -2.13. The highest BCUT2D eigenvalue weighted by Gasteiger charge is 2.16. The van der Waals surface area contributed by atoms with E-state index in [-0.39, 0.29) is 17.3 Å². The van der Waals surface area contributed by atoms with Crippen LogP contribution in [0.1, 0.15) is 21.6 Å². The van der Waals surface area contributed by atoms with E-state index < -0.39 is 31.4 Å². The van der Waals surface area contributed by atoms with Crippen LogP contribution in [-0.4, -0.2) is 41.8 Å². The summed E-state index contributed by atoms with van der Waals surface area (Å²) in [5.41, 5.74) is 15.4. The number of nitrogens with zero attached hydrogens (tertiary/aromatic N) is 2. The van der Waals surface area contributed by atoms with E-state index in [1.165, 1.54) is 12.1 Å². The van der Waals surface area contributed by atoms with E-state index in [9.17, 15) is 17.1 Å². The van der Waals surface area contributed by atoms with Crippen LogP contribution in [-0.2, 0) is 33.5 Å². The molecule has 7 N–H and O–H groups in total. The van der Waals surface area contributed by atoms with Crippen molar-refractivity contribution in [2.75, 3.05) is 16.8 Å². The molecular formula is C25H22Cl2FN5O7S2. The monoisotopic (exact) mass is 657 g/mol. The quantitative estimate of drug-likeness (QED) is 0.136. The molecule has 0 fully saturated rings. The second-order valence-electron chi connectivity index (χ2n) is 8.48. The van der Waals surface area contributed by atoms with Gasteiger partial charge in [0.05, 0.1) is 20.6 Å². The minimum atomic E-state index is -4.91. The Morgan fingerprint density at radius 1 is 0.881 bits per heavy atom. The van der Waals surface area contributed by atoms with Crippen LogP contribution < -0.4 is 16.8 Å². The summed E-state index contributed by atoms with van der Waals surface area (Å²) in [6.07, 6.45) is 1.07. The van der Waals surface area contributed by atoms with Crippen molar-refractivity contribution in [1.29, 1.82) is 0 Å². The van der Waals surface area contributed by atoms with Crippen molar-refractivity contribution in [3.05, 3.63) is 93.6 Å². The molecule has 0 unspecified atom stereocenters. The SMILES string of the molecule is Nc1nc(N)c(-c2ccc(Cl)c(Cl)c2)c(CCc2ccc(NC(=O)c3cccc(S(=O)(=O)F)c3)cc2)n1.O=S(=O)(O)O. The van der Waals surface area contributed by atoms with Gasteiger partial charge in [0.15, 0.2) is 0 Å². The highest BCUT2D eigenvalue weighted by molar-refractivity contribution is 7.86. The Balaban J connectivity index is 0.000000892. The van der Waals surface area contributed by atoms with Crippen LogP contribution in [0, 0.1) is 0 Å². The molecule has 1 heterocycles. The summed E-state index contributed by atoms with van der Waals surface area (Å²) in [7, 11) is -9.58. The van der Waals surface area contributed by atoms with Gasteiger partial charge in [0.2, 0.25) is 5.95 Å². The van der Waals surface area contributed by atoms with Crippen LogP contribution in [0.25, 0.3) is 11.1 Å². The number of aromatic nitrogens is 2. The number of benzene rings is 3. The molecule has 0 radical (unpaired) electrons. The number of carbonyl (C=O) groups excluding carboxylic acids is 1. The molecule has 0 saturated carbocycles. The number of nitrogens with two attached hydrogens (primary N) is 2. The van der Waals surface area contributed by atoms with Gasteiger partial charge in [0, 0.05) is 16.8 Å². The average molecular weight is 659 g/mol. The molecule has 0 spiro atoms. The second kappa shape index (κ2) is 13.4. The fraction of sp³-hybridized carbons (Fsp3) is 0.0800. The summed E-state index contributed by atoms with van der Waals surface area (Å²) in [5, 5.41) is 3.44. The van der Waals surface area contributed by atoms with E-state index in [4.69, 9.17) is 52.2 Å². The molecule has 4 aromatic rings. The number of nitrogen functional groups attached to an aromatic ring is 2. The van der Waals surface area contributed by atoms with Gasteiger partial charge in [-0.1, -0.05) is 47.5 Å². The van der Waals surface area contributed by atoms with E-state index in [2.05, 4.69) is 15.3 Å².